The molecule has 0 aliphatic carbocycles. The number of nitrogens with zero attached hydrogens (tertiary/aromatic N) is 6. The Morgan fingerprint density at radius 3 is 2.43 bits per heavy atom. The minimum Gasteiger partial charge on any atom is -0.289 e. The molecule has 0 aliphatic heterocycles. The summed E-state index contributed by atoms with van der Waals surface area (Å²) in [5.41, 5.74) is 3.97. The van der Waals surface area contributed by atoms with Crippen molar-refractivity contribution in [2.75, 3.05) is 0 Å². The number of aromatic nitrogens is 6. The molecule has 0 atom stereocenters. The Labute approximate surface area is 173 Å². The summed E-state index contributed by atoms with van der Waals surface area (Å²) >= 11 is 0. The van der Waals surface area contributed by atoms with E-state index in [1.165, 1.54) is 4.57 Å². The SMILES string of the molecule is CCCc1c(F)n(CC)c(=O)n1Cc1ccc(-c2ccccc2-n2cnnn2)cc1. The largest absolute Gasteiger partial charge is 0.330 e. The van der Waals surface area contributed by atoms with Gasteiger partial charge in [0, 0.05) is 12.1 Å². The Kier molecular flexibility index (Phi) is 5.56. The first-order valence-corrected chi connectivity index (χ1v) is 10.0. The lowest BCUT2D eigenvalue weighted by Gasteiger charge is -2.10. The van der Waals surface area contributed by atoms with Gasteiger partial charge in [-0.25, -0.2) is 4.79 Å². The van der Waals surface area contributed by atoms with E-state index in [2.05, 4.69) is 15.5 Å². The second-order valence-corrected chi connectivity index (χ2v) is 7.07. The molecule has 0 N–H and O–H groups in total. The average Bonchev–Trinajstić information content (AvgIpc) is 3.38. The van der Waals surface area contributed by atoms with Crippen LogP contribution in [0.4, 0.5) is 4.39 Å². The molecule has 0 unspecified atom stereocenters. The molecule has 0 saturated carbocycles. The Hall–Kier alpha value is -3.55. The minimum absolute atomic E-state index is 0.299. The van der Waals surface area contributed by atoms with Gasteiger partial charge in [0.2, 0.25) is 5.95 Å². The van der Waals surface area contributed by atoms with Crippen molar-refractivity contribution in [3.8, 4) is 16.8 Å². The third-order valence-corrected chi connectivity index (χ3v) is 5.17. The Balaban J connectivity index is 1.66. The molecule has 30 heavy (non-hydrogen) atoms. The summed E-state index contributed by atoms with van der Waals surface area (Å²) in [6, 6.07) is 15.8. The molecular formula is C22H23FN6O. The molecule has 4 aromatic rings. The van der Waals surface area contributed by atoms with Gasteiger partial charge in [-0.3, -0.25) is 9.13 Å². The molecule has 2 aromatic carbocycles. The standard InChI is InChI=1S/C22H23FN6O/c1-3-7-20-21(23)27(4-2)22(30)28(20)14-16-10-12-17(13-11-16)18-8-5-6-9-19(18)29-15-24-25-26-29/h5-6,8-13,15H,3-4,7,14H2,1-2H3. The highest BCUT2D eigenvalue weighted by Crippen LogP contribution is 2.26. The molecule has 4 rings (SSSR count). The number of para-hydroxylation sites is 1. The van der Waals surface area contributed by atoms with Gasteiger partial charge in [0.25, 0.3) is 0 Å². The Bertz CT molecular complexity index is 1190. The predicted molar refractivity (Wildman–Crippen MR) is 112 cm³/mol. The van der Waals surface area contributed by atoms with Gasteiger partial charge in [0.15, 0.2) is 0 Å². The van der Waals surface area contributed by atoms with E-state index in [-0.39, 0.29) is 5.69 Å². The number of hydrogen-bond donors (Lipinski definition) is 0. The summed E-state index contributed by atoms with van der Waals surface area (Å²) in [7, 11) is 0. The van der Waals surface area contributed by atoms with Crippen molar-refractivity contribution in [1.29, 1.82) is 0 Å². The zero-order valence-electron chi connectivity index (χ0n) is 17.0. The van der Waals surface area contributed by atoms with Crippen LogP contribution in [0.3, 0.4) is 0 Å². The normalized spacial score (nSPS) is 11.2. The molecule has 0 amide bonds. The van der Waals surface area contributed by atoms with Gasteiger partial charge >= 0.3 is 5.69 Å². The first-order valence-electron chi connectivity index (χ1n) is 10.0. The molecule has 0 bridgehead atoms. The van der Waals surface area contributed by atoms with Crippen LogP contribution in [0.1, 0.15) is 31.5 Å². The van der Waals surface area contributed by atoms with E-state index < -0.39 is 5.95 Å². The Morgan fingerprint density at radius 2 is 1.77 bits per heavy atom. The van der Waals surface area contributed by atoms with Gasteiger partial charge in [-0.15, -0.1) is 5.10 Å². The third kappa shape index (κ3) is 3.56. The van der Waals surface area contributed by atoms with Crippen molar-refractivity contribution < 1.29 is 4.39 Å². The highest BCUT2D eigenvalue weighted by Gasteiger charge is 2.18. The summed E-state index contributed by atoms with van der Waals surface area (Å²) in [5.74, 6) is -0.420. The smallest absolute Gasteiger partial charge is 0.289 e. The number of rotatable bonds is 7. The van der Waals surface area contributed by atoms with Crippen LogP contribution in [0.2, 0.25) is 0 Å². The maximum atomic E-state index is 14.6. The summed E-state index contributed by atoms with van der Waals surface area (Å²) < 4.78 is 19.0. The van der Waals surface area contributed by atoms with E-state index in [0.717, 1.165) is 28.8 Å². The van der Waals surface area contributed by atoms with Crippen LogP contribution in [0.25, 0.3) is 16.8 Å². The Morgan fingerprint density at radius 1 is 1.00 bits per heavy atom. The zero-order valence-corrected chi connectivity index (χ0v) is 17.0. The second-order valence-electron chi connectivity index (χ2n) is 7.07. The van der Waals surface area contributed by atoms with Gasteiger partial charge in [-0.2, -0.15) is 9.07 Å². The monoisotopic (exact) mass is 406 g/mol. The average molecular weight is 406 g/mol. The van der Waals surface area contributed by atoms with Crippen molar-refractivity contribution in [1.82, 2.24) is 29.3 Å². The van der Waals surface area contributed by atoms with Crippen molar-refractivity contribution >= 4 is 0 Å². The molecule has 0 spiro atoms. The van der Waals surface area contributed by atoms with E-state index >= 15 is 0 Å². The molecule has 0 saturated heterocycles. The van der Waals surface area contributed by atoms with Crippen molar-refractivity contribution in [3.05, 3.63) is 82.5 Å². The minimum atomic E-state index is -0.420. The molecule has 154 valence electrons. The summed E-state index contributed by atoms with van der Waals surface area (Å²) in [4.78, 5) is 12.6. The van der Waals surface area contributed by atoms with Crippen molar-refractivity contribution in [2.45, 2.75) is 39.8 Å². The van der Waals surface area contributed by atoms with E-state index in [4.69, 9.17) is 0 Å². The van der Waals surface area contributed by atoms with Crippen LogP contribution in [0.5, 0.6) is 0 Å². The number of tetrazole rings is 1. The van der Waals surface area contributed by atoms with Crippen LogP contribution in [0, 0.1) is 5.95 Å². The van der Waals surface area contributed by atoms with Crippen LogP contribution in [0.15, 0.2) is 59.7 Å². The van der Waals surface area contributed by atoms with Crippen LogP contribution in [-0.2, 0) is 19.5 Å². The fourth-order valence-corrected chi connectivity index (χ4v) is 3.69. The molecular weight excluding hydrogens is 383 g/mol. The molecule has 2 aromatic heterocycles. The van der Waals surface area contributed by atoms with Gasteiger partial charge in [-0.05, 0) is 41.0 Å². The number of hydrogen-bond acceptors (Lipinski definition) is 4. The topological polar surface area (TPSA) is 70.5 Å². The lowest BCUT2D eigenvalue weighted by Crippen LogP contribution is -2.25. The first-order chi connectivity index (χ1) is 14.6. The van der Waals surface area contributed by atoms with Gasteiger partial charge < -0.3 is 0 Å². The molecule has 0 aliphatic rings. The van der Waals surface area contributed by atoms with Gasteiger partial charge in [0.05, 0.1) is 17.9 Å². The summed E-state index contributed by atoms with van der Waals surface area (Å²) in [6.45, 7) is 4.42. The maximum Gasteiger partial charge on any atom is 0.330 e. The number of benzene rings is 2. The number of imidazole rings is 1. The molecule has 2 heterocycles. The molecule has 7 nitrogen and oxygen atoms in total. The van der Waals surface area contributed by atoms with Gasteiger partial charge in [-0.1, -0.05) is 55.8 Å². The predicted octanol–water partition coefficient (Wildman–Crippen LogP) is 3.45. The van der Waals surface area contributed by atoms with Crippen LogP contribution >= 0.6 is 0 Å². The maximum absolute atomic E-state index is 14.6. The van der Waals surface area contributed by atoms with Crippen LogP contribution < -0.4 is 5.69 Å². The highest BCUT2D eigenvalue weighted by atomic mass is 19.1. The highest BCUT2D eigenvalue weighted by molar-refractivity contribution is 5.72. The zero-order chi connectivity index (χ0) is 21.1. The van der Waals surface area contributed by atoms with E-state index in [1.54, 1.807) is 22.5 Å². The van der Waals surface area contributed by atoms with Crippen LogP contribution in [-0.4, -0.2) is 29.3 Å². The lowest BCUT2D eigenvalue weighted by molar-refractivity contribution is 0.490. The summed E-state index contributed by atoms with van der Waals surface area (Å²) in [5, 5.41) is 11.4. The van der Waals surface area contributed by atoms with E-state index in [1.807, 2.05) is 55.5 Å². The molecule has 0 fully saturated rings. The van der Waals surface area contributed by atoms with Crippen molar-refractivity contribution in [3.63, 3.8) is 0 Å². The number of halogens is 1. The van der Waals surface area contributed by atoms with E-state index in [0.29, 0.717) is 25.2 Å². The quantitative estimate of drug-likeness (QED) is 0.471. The fraction of sp³-hybridized carbons (Fsp3) is 0.273. The second kappa shape index (κ2) is 8.44. The molecule has 0 radical (unpaired) electrons. The van der Waals surface area contributed by atoms with Gasteiger partial charge in [0.1, 0.15) is 6.33 Å². The van der Waals surface area contributed by atoms with E-state index in [9.17, 15) is 9.18 Å². The first kappa shape index (κ1) is 19.8. The third-order valence-electron chi connectivity index (χ3n) is 5.17. The molecule has 8 heteroatoms. The summed E-state index contributed by atoms with van der Waals surface area (Å²) in [6.07, 6.45) is 2.87. The van der Waals surface area contributed by atoms with Crippen molar-refractivity contribution in [2.24, 2.45) is 0 Å². The fourth-order valence-electron chi connectivity index (χ4n) is 3.69. The lowest BCUT2D eigenvalue weighted by atomic mass is 10.0.